The summed E-state index contributed by atoms with van der Waals surface area (Å²) in [7, 11) is 1.44. The van der Waals surface area contributed by atoms with Crippen LogP contribution in [0.5, 0.6) is 0 Å². The van der Waals surface area contributed by atoms with E-state index in [1.54, 1.807) is 0 Å². The molecular weight excluding hydrogens is 204 g/mol. The van der Waals surface area contributed by atoms with Crippen LogP contribution in [0.4, 0.5) is 0 Å². The van der Waals surface area contributed by atoms with E-state index >= 15 is 0 Å². The molecule has 0 radical (unpaired) electrons. The lowest BCUT2D eigenvalue weighted by Crippen LogP contribution is -2.44. The molecule has 0 aliphatic carbocycles. The first kappa shape index (κ1) is 13.5. The molecule has 0 aromatic heterocycles. The number of rotatable bonds is 4. The summed E-state index contributed by atoms with van der Waals surface area (Å²) in [5, 5.41) is 0. The lowest BCUT2D eigenvalue weighted by Gasteiger charge is -2.36. The number of esters is 1. The Morgan fingerprint density at radius 1 is 1.44 bits per heavy atom. The summed E-state index contributed by atoms with van der Waals surface area (Å²) < 4.78 is 4.69. The zero-order valence-corrected chi connectivity index (χ0v) is 10.6. The molecule has 2 unspecified atom stereocenters. The van der Waals surface area contributed by atoms with Crippen molar-refractivity contribution < 1.29 is 9.53 Å². The highest BCUT2D eigenvalue weighted by Gasteiger charge is 2.25. The Labute approximate surface area is 98.1 Å². The van der Waals surface area contributed by atoms with E-state index in [1.165, 1.54) is 7.11 Å². The first-order valence-corrected chi connectivity index (χ1v) is 6.11. The van der Waals surface area contributed by atoms with Crippen molar-refractivity contribution >= 4 is 5.97 Å². The van der Waals surface area contributed by atoms with Crippen LogP contribution in [-0.4, -0.2) is 43.2 Å². The molecule has 94 valence electrons. The molecule has 0 bridgehead atoms. The lowest BCUT2D eigenvalue weighted by atomic mass is 9.90. The Kier molecular flexibility index (Phi) is 5.22. The molecule has 0 spiro atoms. The highest BCUT2D eigenvalue weighted by Crippen LogP contribution is 2.21. The number of nitrogens with zero attached hydrogens (tertiary/aromatic N) is 1. The summed E-state index contributed by atoms with van der Waals surface area (Å²) in [4.78, 5) is 13.5. The first-order valence-electron chi connectivity index (χ1n) is 6.11. The Hall–Kier alpha value is -0.610. The second-order valence-electron chi connectivity index (χ2n) is 4.86. The average molecular weight is 228 g/mol. The highest BCUT2D eigenvalue weighted by atomic mass is 16.5. The van der Waals surface area contributed by atoms with Crippen LogP contribution in [0.15, 0.2) is 0 Å². The number of hydrogen-bond donors (Lipinski definition) is 1. The predicted molar refractivity (Wildman–Crippen MR) is 64.0 cm³/mol. The van der Waals surface area contributed by atoms with Crippen LogP contribution in [0, 0.1) is 5.92 Å². The Morgan fingerprint density at radius 3 is 2.44 bits per heavy atom. The number of carbonyl (C=O) groups is 1. The van der Waals surface area contributed by atoms with Gasteiger partial charge in [-0.05, 0) is 45.7 Å². The van der Waals surface area contributed by atoms with E-state index in [4.69, 9.17) is 5.73 Å². The van der Waals surface area contributed by atoms with Gasteiger partial charge in [0, 0.05) is 12.1 Å². The van der Waals surface area contributed by atoms with E-state index in [1.807, 2.05) is 0 Å². The Bertz CT molecular complexity index is 223. The molecule has 1 fully saturated rings. The van der Waals surface area contributed by atoms with E-state index < -0.39 is 0 Å². The quantitative estimate of drug-likeness (QED) is 0.729. The largest absolute Gasteiger partial charge is 0.469 e. The van der Waals surface area contributed by atoms with Gasteiger partial charge in [0.15, 0.2) is 0 Å². The summed E-state index contributed by atoms with van der Waals surface area (Å²) in [6, 6.07) is 0.569. The molecule has 1 aliphatic rings. The third-order valence-electron chi connectivity index (χ3n) is 3.63. The average Bonchev–Trinajstić information content (AvgIpc) is 2.28. The zero-order chi connectivity index (χ0) is 12.1. The first-order chi connectivity index (χ1) is 7.54. The molecule has 0 aromatic carbocycles. The van der Waals surface area contributed by atoms with Crippen molar-refractivity contribution in [3.8, 4) is 0 Å². The highest BCUT2D eigenvalue weighted by molar-refractivity contribution is 5.69. The second kappa shape index (κ2) is 6.21. The van der Waals surface area contributed by atoms with Gasteiger partial charge in [-0.1, -0.05) is 0 Å². The van der Waals surface area contributed by atoms with Crippen LogP contribution < -0.4 is 5.73 Å². The number of piperidine rings is 1. The molecule has 4 nitrogen and oxygen atoms in total. The van der Waals surface area contributed by atoms with Crippen LogP contribution in [0.2, 0.25) is 0 Å². The van der Waals surface area contributed by atoms with Crippen LogP contribution in [0.1, 0.15) is 33.1 Å². The minimum atomic E-state index is -0.123. The monoisotopic (exact) mass is 228 g/mol. The van der Waals surface area contributed by atoms with E-state index in [9.17, 15) is 4.79 Å². The maximum atomic E-state index is 11.2. The van der Waals surface area contributed by atoms with Crippen LogP contribution in [0.25, 0.3) is 0 Å². The van der Waals surface area contributed by atoms with Gasteiger partial charge in [-0.2, -0.15) is 0 Å². The van der Waals surface area contributed by atoms with E-state index in [2.05, 4.69) is 23.5 Å². The fourth-order valence-electron chi connectivity index (χ4n) is 2.34. The molecule has 1 heterocycles. The van der Waals surface area contributed by atoms with Crippen molar-refractivity contribution in [2.75, 3.05) is 20.2 Å². The Morgan fingerprint density at radius 2 is 2.00 bits per heavy atom. The number of likely N-dealkylation sites (tertiary alicyclic amines) is 1. The van der Waals surface area contributed by atoms with Gasteiger partial charge in [-0.25, -0.2) is 0 Å². The number of ether oxygens (including phenoxy) is 1. The molecular formula is C12H24N2O2. The zero-order valence-electron chi connectivity index (χ0n) is 10.6. The molecule has 1 rings (SSSR count). The SMILES string of the molecule is COC(=O)CC(C)N1CCC(C(C)N)CC1. The summed E-state index contributed by atoms with van der Waals surface area (Å²) in [5.74, 6) is 0.517. The van der Waals surface area contributed by atoms with Gasteiger partial charge < -0.3 is 15.4 Å². The van der Waals surface area contributed by atoms with Crippen molar-refractivity contribution in [1.82, 2.24) is 4.90 Å². The van der Waals surface area contributed by atoms with E-state index in [0.29, 0.717) is 12.3 Å². The fourth-order valence-corrected chi connectivity index (χ4v) is 2.34. The molecule has 4 heteroatoms. The molecule has 1 aliphatic heterocycles. The normalized spacial score (nSPS) is 22.8. The van der Waals surface area contributed by atoms with Crippen LogP contribution in [0.3, 0.4) is 0 Å². The maximum Gasteiger partial charge on any atom is 0.307 e. The van der Waals surface area contributed by atoms with Crippen molar-refractivity contribution in [2.24, 2.45) is 11.7 Å². The minimum Gasteiger partial charge on any atom is -0.469 e. The number of hydrogen-bond acceptors (Lipinski definition) is 4. The summed E-state index contributed by atoms with van der Waals surface area (Å²) in [5.41, 5.74) is 5.90. The van der Waals surface area contributed by atoms with Crippen molar-refractivity contribution in [3.63, 3.8) is 0 Å². The molecule has 16 heavy (non-hydrogen) atoms. The van der Waals surface area contributed by atoms with Gasteiger partial charge in [-0.3, -0.25) is 4.79 Å². The Balaban J connectivity index is 2.32. The van der Waals surface area contributed by atoms with Crippen molar-refractivity contribution in [2.45, 2.75) is 45.2 Å². The molecule has 0 aromatic rings. The van der Waals surface area contributed by atoms with Crippen molar-refractivity contribution in [3.05, 3.63) is 0 Å². The fraction of sp³-hybridized carbons (Fsp3) is 0.917. The van der Waals surface area contributed by atoms with Gasteiger partial charge in [0.05, 0.1) is 13.5 Å². The van der Waals surface area contributed by atoms with Gasteiger partial charge in [0.25, 0.3) is 0 Å². The molecule has 2 atom stereocenters. The topological polar surface area (TPSA) is 55.6 Å². The lowest BCUT2D eigenvalue weighted by molar-refractivity contribution is -0.142. The van der Waals surface area contributed by atoms with E-state index in [0.717, 1.165) is 25.9 Å². The van der Waals surface area contributed by atoms with Gasteiger partial charge in [-0.15, -0.1) is 0 Å². The third kappa shape index (κ3) is 3.76. The molecule has 1 saturated heterocycles. The standard InChI is InChI=1S/C12H24N2O2/c1-9(8-12(15)16-3)14-6-4-11(5-7-14)10(2)13/h9-11H,4-8,13H2,1-3H3. The molecule has 2 N–H and O–H groups in total. The van der Waals surface area contributed by atoms with Gasteiger partial charge >= 0.3 is 5.97 Å². The molecule has 0 saturated carbocycles. The summed E-state index contributed by atoms with van der Waals surface area (Å²) in [6.07, 6.45) is 2.77. The van der Waals surface area contributed by atoms with Crippen LogP contribution in [-0.2, 0) is 9.53 Å². The smallest absolute Gasteiger partial charge is 0.307 e. The summed E-state index contributed by atoms with van der Waals surface area (Å²) >= 11 is 0. The number of methoxy groups -OCH3 is 1. The molecule has 0 amide bonds. The maximum absolute atomic E-state index is 11.2. The second-order valence-corrected chi connectivity index (χ2v) is 4.86. The predicted octanol–water partition coefficient (Wildman–Crippen LogP) is 0.997. The number of nitrogens with two attached hydrogens (primary N) is 1. The van der Waals surface area contributed by atoms with Crippen LogP contribution >= 0.6 is 0 Å². The van der Waals surface area contributed by atoms with Gasteiger partial charge in [0.2, 0.25) is 0 Å². The third-order valence-corrected chi connectivity index (χ3v) is 3.63. The minimum absolute atomic E-state index is 0.123. The number of carbonyl (C=O) groups excluding carboxylic acids is 1. The van der Waals surface area contributed by atoms with Gasteiger partial charge in [0.1, 0.15) is 0 Å². The van der Waals surface area contributed by atoms with E-state index in [-0.39, 0.29) is 18.1 Å². The summed E-state index contributed by atoms with van der Waals surface area (Å²) in [6.45, 7) is 6.26. The van der Waals surface area contributed by atoms with Crippen molar-refractivity contribution in [1.29, 1.82) is 0 Å².